The van der Waals surface area contributed by atoms with Crippen molar-refractivity contribution in [3.63, 3.8) is 0 Å². The summed E-state index contributed by atoms with van der Waals surface area (Å²) in [7, 11) is 0. The average molecular weight is 247 g/mol. The fraction of sp³-hybridized carbons (Fsp3) is 0.500. The Hall–Kier alpha value is -0.240. The Kier molecular flexibility index (Phi) is 5.44. The Morgan fingerprint density at radius 2 is 1.93 bits per heavy atom. The van der Waals surface area contributed by atoms with Crippen molar-refractivity contribution in [1.29, 1.82) is 0 Å². The van der Waals surface area contributed by atoms with Gasteiger partial charge >= 0.3 is 0 Å². The first-order valence-electron chi connectivity index (χ1n) is 5.00. The highest BCUT2D eigenvalue weighted by atomic mass is 35.5. The molecule has 0 aliphatic carbocycles. The van der Waals surface area contributed by atoms with Gasteiger partial charge in [0.25, 0.3) is 0 Å². The number of halogens is 2. The maximum atomic E-state index is 6.09. The van der Waals surface area contributed by atoms with Gasteiger partial charge in [0.05, 0.1) is 11.5 Å². The normalized spacial score (nSPS) is 14.9. The topological polar surface area (TPSA) is 9.23 Å². The summed E-state index contributed by atoms with van der Waals surface area (Å²) in [5, 5.41) is 0. The summed E-state index contributed by atoms with van der Waals surface area (Å²) in [5.74, 6) is 0.448. The minimum absolute atomic E-state index is 0.349. The third-order valence-electron chi connectivity index (χ3n) is 2.16. The van der Waals surface area contributed by atoms with Gasteiger partial charge in [0, 0.05) is 12.5 Å². The molecule has 0 spiro atoms. The second-order valence-electron chi connectivity index (χ2n) is 3.84. The van der Waals surface area contributed by atoms with Crippen LogP contribution in [-0.4, -0.2) is 17.4 Å². The van der Waals surface area contributed by atoms with E-state index in [1.165, 1.54) is 5.56 Å². The van der Waals surface area contributed by atoms with Gasteiger partial charge in [-0.1, -0.05) is 30.3 Å². The predicted molar refractivity (Wildman–Crippen MR) is 65.7 cm³/mol. The van der Waals surface area contributed by atoms with Crippen LogP contribution in [0.15, 0.2) is 30.3 Å². The van der Waals surface area contributed by atoms with Crippen LogP contribution in [0.4, 0.5) is 0 Å². The summed E-state index contributed by atoms with van der Waals surface area (Å²) in [4.78, 5) is -0.349. The number of benzene rings is 1. The van der Waals surface area contributed by atoms with E-state index in [1.54, 1.807) is 0 Å². The molecular weight excluding hydrogens is 231 g/mol. The zero-order valence-electron chi connectivity index (χ0n) is 8.88. The lowest BCUT2D eigenvalue weighted by Gasteiger charge is -2.18. The van der Waals surface area contributed by atoms with Gasteiger partial charge in [-0.05, 0) is 18.9 Å². The summed E-state index contributed by atoms with van der Waals surface area (Å²) >= 11 is 11.8. The van der Waals surface area contributed by atoms with E-state index in [1.807, 2.05) is 37.3 Å². The molecule has 1 aromatic carbocycles. The Morgan fingerprint density at radius 1 is 1.27 bits per heavy atom. The molecule has 0 fully saturated rings. The SMILES string of the molecule is CC(Cl)(CCl)CCOCc1ccccc1. The standard InChI is InChI=1S/C12H16Cl2O/c1-12(14,10-13)7-8-15-9-11-5-3-2-4-6-11/h2-6H,7-10H2,1H3. The minimum Gasteiger partial charge on any atom is -0.377 e. The van der Waals surface area contributed by atoms with Crippen LogP contribution in [0.2, 0.25) is 0 Å². The predicted octanol–water partition coefficient (Wildman–Crippen LogP) is 3.83. The molecule has 1 unspecified atom stereocenters. The largest absolute Gasteiger partial charge is 0.377 e. The summed E-state index contributed by atoms with van der Waals surface area (Å²) in [6, 6.07) is 10.1. The molecule has 0 saturated heterocycles. The second kappa shape index (κ2) is 6.37. The van der Waals surface area contributed by atoms with Crippen LogP contribution < -0.4 is 0 Å². The number of hydrogen-bond donors (Lipinski definition) is 0. The molecule has 0 saturated carbocycles. The summed E-state index contributed by atoms with van der Waals surface area (Å²) in [6.45, 7) is 3.20. The first-order valence-corrected chi connectivity index (χ1v) is 5.92. The van der Waals surface area contributed by atoms with Gasteiger partial charge in [0.1, 0.15) is 0 Å². The molecule has 0 radical (unpaired) electrons. The molecule has 0 bridgehead atoms. The van der Waals surface area contributed by atoms with Gasteiger partial charge in [-0.15, -0.1) is 23.2 Å². The van der Waals surface area contributed by atoms with E-state index in [-0.39, 0.29) is 4.87 Å². The van der Waals surface area contributed by atoms with Gasteiger partial charge in [0.15, 0.2) is 0 Å². The number of alkyl halides is 2. The highest BCUT2D eigenvalue weighted by molar-refractivity contribution is 6.30. The molecule has 0 aromatic heterocycles. The maximum Gasteiger partial charge on any atom is 0.0716 e. The zero-order valence-corrected chi connectivity index (χ0v) is 10.4. The third-order valence-corrected chi connectivity index (χ3v) is 3.21. The maximum absolute atomic E-state index is 6.09. The quantitative estimate of drug-likeness (QED) is 0.548. The molecule has 0 amide bonds. The molecule has 1 aromatic rings. The molecular formula is C12H16Cl2O. The van der Waals surface area contributed by atoms with Crippen LogP contribution in [0.25, 0.3) is 0 Å². The van der Waals surface area contributed by atoms with Gasteiger partial charge in [-0.3, -0.25) is 0 Å². The van der Waals surface area contributed by atoms with E-state index in [0.29, 0.717) is 19.1 Å². The molecule has 0 aliphatic heterocycles. The Balaban J connectivity index is 2.18. The van der Waals surface area contributed by atoms with Crippen molar-refractivity contribution in [2.45, 2.75) is 24.8 Å². The summed E-state index contributed by atoms with van der Waals surface area (Å²) < 4.78 is 5.51. The van der Waals surface area contributed by atoms with Crippen molar-refractivity contribution < 1.29 is 4.74 Å². The van der Waals surface area contributed by atoms with E-state index in [2.05, 4.69) is 0 Å². The van der Waals surface area contributed by atoms with E-state index in [0.717, 1.165) is 6.42 Å². The monoisotopic (exact) mass is 246 g/mol. The average Bonchev–Trinajstić information content (AvgIpc) is 2.26. The van der Waals surface area contributed by atoms with Crippen molar-refractivity contribution >= 4 is 23.2 Å². The van der Waals surface area contributed by atoms with Crippen LogP contribution in [0.1, 0.15) is 18.9 Å². The lowest BCUT2D eigenvalue weighted by Crippen LogP contribution is -2.20. The molecule has 1 rings (SSSR count). The fourth-order valence-electron chi connectivity index (χ4n) is 1.12. The van der Waals surface area contributed by atoms with Gasteiger partial charge < -0.3 is 4.74 Å². The molecule has 15 heavy (non-hydrogen) atoms. The van der Waals surface area contributed by atoms with Crippen LogP contribution in [0.5, 0.6) is 0 Å². The van der Waals surface area contributed by atoms with E-state index >= 15 is 0 Å². The fourth-order valence-corrected chi connectivity index (χ4v) is 1.33. The number of rotatable bonds is 6. The highest BCUT2D eigenvalue weighted by Gasteiger charge is 2.18. The van der Waals surface area contributed by atoms with Crippen molar-refractivity contribution in [1.82, 2.24) is 0 Å². The minimum atomic E-state index is -0.349. The molecule has 0 N–H and O–H groups in total. The van der Waals surface area contributed by atoms with Crippen LogP contribution in [-0.2, 0) is 11.3 Å². The van der Waals surface area contributed by atoms with E-state index < -0.39 is 0 Å². The smallest absolute Gasteiger partial charge is 0.0716 e. The highest BCUT2D eigenvalue weighted by Crippen LogP contribution is 2.20. The molecule has 0 heterocycles. The lowest BCUT2D eigenvalue weighted by molar-refractivity contribution is 0.113. The van der Waals surface area contributed by atoms with Crippen LogP contribution >= 0.6 is 23.2 Å². The van der Waals surface area contributed by atoms with Crippen molar-refractivity contribution in [3.05, 3.63) is 35.9 Å². The molecule has 84 valence electrons. The van der Waals surface area contributed by atoms with E-state index in [9.17, 15) is 0 Å². The summed E-state index contributed by atoms with van der Waals surface area (Å²) in [6.07, 6.45) is 0.769. The van der Waals surface area contributed by atoms with Crippen molar-refractivity contribution in [3.8, 4) is 0 Å². The molecule has 1 nitrogen and oxygen atoms in total. The van der Waals surface area contributed by atoms with Crippen LogP contribution in [0, 0.1) is 0 Å². The molecule has 3 heteroatoms. The second-order valence-corrected chi connectivity index (χ2v) is 5.01. The number of hydrogen-bond acceptors (Lipinski definition) is 1. The first kappa shape index (κ1) is 12.8. The molecule has 0 aliphatic rings. The van der Waals surface area contributed by atoms with Gasteiger partial charge in [-0.2, -0.15) is 0 Å². The van der Waals surface area contributed by atoms with E-state index in [4.69, 9.17) is 27.9 Å². The van der Waals surface area contributed by atoms with Gasteiger partial charge in [0.2, 0.25) is 0 Å². The first-order chi connectivity index (χ1) is 7.14. The third kappa shape index (κ3) is 5.41. The zero-order chi connectivity index (χ0) is 11.1. The lowest BCUT2D eigenvalue weighted by atomic mass is 10.1. The Morgan fingerprint density at radius 3 is 2.53 bits per heavy atom. The number of ether oxygens (including phenoxy) is 1. The van der Waals surface area contributed by atoms with Crippen molar-refractivity contribution in [2.24, 2.45) is 0 Å². The Labute approximate surface area is 101 Å². The van der Waals surface area contributed by atoms with Crippen LogP contribution in [0.3, 0.4) is 0 Å². The summed E-state index contributed by atoms with van der Waals surface area (Å²) in [5.41, 5.74) is 1.18. The van der Waals surface area contributed by atoms with Gasteiger partial charge in [-0.25, -0.2) is 0 Å². The van der Waals surface area contributed by atoms with Crippen molar-refractivity contribution in [2.75, 3.05) is 12.5 Å². The Bertz CT molecular complexity index is 272. The molecule has 1 atom stereocenters.